The van der Waals surface area contributed by atoms with Gasteiger partial charge in [0.2, 0.25) is 0 Å². The first kappa shape index (κ1) is 23.7. The fraction of sp³-hybridized carbons (Fsp3) is 0.391. The number of aryl methyl sites for hydroxylation is 1. The zero-order chi connectivity index (χ0) is 24.6. The molecule has 180 valence electrons. The van der Waals surface area contributed by atoms with Crippen molar-refractivity contribution >= 4 is 11.7 Å². The maximum Gasteiger partial charge on any atom is 0.417 e. The molecule has 1 saturated heterocycles. The Balaban J connectivity index is 1.43. The molecule has 1 aliphatic heterocycles. The molecular weight excluding hydrogens is 452 g/mol. The van der Waals surface area contributed by atoms with Crippen molar-refractivity contribution in [2.24, 2.45) is 7.05 Å². The predicted molar refractivity (Wildman–Crippen MR) is 118 cm³/mol. The fourth-order valence-corrected chi connectivity index (χ4v) is 4.13. The number of nitrogens with one attached hydrogen (secondary N) is 1. The number of hydrogen-bond acceptors (Lipinski definition) is 5. The van der Waals surface area contributed by atoms with E-state index in [1.165, 1.54) is 0 Å². The van der Waals surface area contributed by atoms with Crippen molar-refractivity contribution in [2.75, 3.05) is 18.0 Å². The number of anilines is 1. The van der Waals surface area contributed by atoms with Crippen LogP contribution in [0.5, 0.6) is 0 Å². The van der Waals surface area contributed by atoms with Crippen LogP contribution in [0.4, 0.5) is 23.4 Å². The first-order valence-corrected chi connectivity index (χ1v) is 10.8. The Kier molecular flexibility index (Phi) is 6.28. The van der Waals surface area contributed by atoms with Crippen LogP contribution in [0.15, 0.2) is 30.5 Å². The van der Waals surface area contributed by atoms with Crippen LogP contribution in [0, 0.1) is 19.7 Å². The highest BCUT2D eigenvalue weighted by atomic mass is 19.4. The molecule has 1 amide bonds. The van der Waals surface area contributed by atoms with E-state index in [1.54, 1.807) is 4.68 Å². The van der Waals surface area contributed by atoms with Gasteiger partial charge in [0.05, 0.1) is 11.1 Å². The van der Waals surface area contributed by atoms with Crippen LogP contribution >= 0.6 is 0 Å². The minimum atomic E-state index is -4.83. The van der Waals surface area contributed by atoms with E-state index in [0.29, 0.717) is 37.7 Å². The van der Waals surface area contributed by atoms with E-state index in [0.717, 1.165) is 34.8 Å². The van der Waals surface area contributed by atoms with Crippen LogP contribution in [-0.4, -0.2) is 45.0 Å². The molecule has 1 aromatic carbocycles. The highest BCUT2D eigenvalue weighted by Crippen LogP contribution is 2.33. The summed E-state index contributed by atoms with van der Waals surface area (Å²) < 4.78 is 54.8. The van der Waals surface area contributed by atoms with Crippen LogP contribution in [-0.2, 0) is 13.2 Å². The lowest BCUT2D eigenvalue weighted by molar-refractivity contribution is -0.138. The molecule has 0 atom stereocenters. The fourth-order valence-electron chi connectivity index (χ4n) is 4.13. The number of aromatic nitrogens is 4. The maximum atomic E-state index is 13.3. The Morgan fingerprint density at radius 3 is 2.41 bits per heavy atom. The van der Waals surface area contributed by atoms with Crippen LogP contribution in [0.2, 0.25) is 0 Å². The number of alkyl halides is 3. The van der Waals surface area contributed by atoms with Crippen molar-refractivity contribution in [1.82, 2.24) is 25.3 Å². The summed E-state index contributed by atoms with van der Waals surface area (Å²) in [4.78, 5) is 14.6. The molecule has 1 aliphatic rings. The van der Waals surface area contributed by atoms with Gasteiger partial charge in [-0.15, -0.1) is 10.2 Å². The van der Waals surface area contributed by atoms with Gasteiger partial charge in [-0.3, -0.25) is 9.48 Å². The summed E-state index contributed by atoms with van der Waals surface area (Å²) in [5.41, 5.74) is 1.52. The molecule has 0 spiro atoms. The summed E-state index contributed by atoms with van der Waals surface area (Å²) in [6.45, 7) is 5.04. The average Bonchev–Trinajstić information content (AvgIpc) is 3.21. The largest absolute Gasteiger partial charge is 0.417 e. The summed E-state index contributed by atoms with van der Waals surface area (Å²) in [6, 6.07) is 3.63. The first-order valence-electron chi connectivity index (χ1n) is 10.8. The van der Waals surface area contributed by atoms with E-state index in [2.05, 4.69) is 25.5 Å². The number of hydrogen-bond donors (Lipinski definition) is 1. The SMILES string of the molecule is Cc1c(-c2ccn(C)n2)nnc(N2CCC(NC(=O)c3ccc(F)cc3C(F)(F)F)CC2)c1C. The number of carbonyl (C=O) groups is 1. The van der Waals surface area contributed by atoms with Gasteiger partial charge in [0.15, 0.2) is 5.82 Å². The minimum absolute atomic E-state index is 0.308. The number of piperidine rings is 1. The molecule has 0 radical (unpaired) electrons. The lowest BCUT2D eigenvalue weighted by Gasteiger charge is -2.34. The van der Waals surface area contributed by atoms with Crippen molar-refractivity contribution in [3.63, 3.8) is 0 Å². The standard InChI is InChI=1S/C23H24F4N6O/c1-13-14(2)21(30-29-20(13)19-8-9-32(3)31-19)33-10-6-16(7-11-33)28-22(34)17-5-4-15(24)12-18(17)23(25,26)27/h4-5,8-9,12,16H,6-7,10-11H2,1-3H3,(H,28,34). The van der Waals surface area contributed by atoms with E-state index >= 15 is 0 Å². The summed E-state index contributed by atoms with van der Waals surface area (Å²) in [5.74, 6) is -1.17. The van der Waals surface area contributed by atoms with Crippen LogP contribution in [0.1, 0.15) is 39.9 Å². The second-order valence-electron chi connectivity index (χ2n) is 8.42. The average molecular weight is 476 g/mol. The highest BCUT2D eigenvalue weighted by molar-refractivity contribution is 5.96. The van der Waals surface area contributed by atoms with E-state index in [9.17, 15) is 22.4 Å². The Morgan fingerprint density at radius 1 is 1.09 bits per heavy atom. The molecule has 0 unspecified atom stereocenters. The smallest absolute Gasteiger partial charge is 0.355 e. The van der Waals surface area contributed by atoms with Gasteiger partial charge >= 0.3 is 6.18 Å². The van der Waals surface area contributed by atoms with Crippen molar-refractivity contribution in [3.05, 3.63) is 58.5 Å². The molecule has 7 nitrogen and oxygen atoms in total. The maximum absolute atomic E-state index is 13.3. The van der Waals surface area contributed by atoms with Crippen molar-refractivity contribution < 1.29 is 22.4 Å². The zero-order valence-corrected chi connectivity index (χ0v) is 18.9. The van der Waals surface area contributed by atoms with Gasteiger partial charge in [-0.05, 0) is 62.1 Å². The van der Waals surface area contributed by atoms with Crippen LogP contribution in [0.3, 0.4) is 0 Å². The lowest BCUT2D eigenvalue weighted by Crippen LogP contribution is -2.45. The Hall–Kier alpha value is -3.50. The molecule has 0 aliphatic carbocycles. The monoisotopic (exact) mass is 476 g/mol. The summed E-state index contributed by atoms with van der Waals surface area (Å²) >= 11 is 0. The summed E-state index contributed by atoms with van der Waals surface area (Å²) in [7, 11) is 1.83. The molecule has 1 N–H and O–H groups in total. The van der Waals surface area contributed by atoms with Gasteiger partial charge in [0.1, 0.15) is 17.2 Å². The quantitative estimate of drug-likeness (QED) is 0.575. The molecule has 1 fully saturated rings. The number of rotatable bonds is 4. The van der Waals surface area contributed by atoms with Crippen molar-refractivity contribution in [3.8, 4) is 11.4 Å². The number of nitrogens with zero attached hydrogens (tertiary/aromatic N) is 5. The molecule has 0 saturated carbocycles. The van der Waals surface area contributed by atoms with Gasteiger partial charge < -0.3 is 10.2 Å². The van der Waals surface area contributed by atoms with Gasteiger partial charge in [-0.2, -0.15) is 18.3 Å². The number of halogens is 4. The van der Waals surface area contributed by atoms with E-state index < -0.39 is 29.0 Å². The minimum Gasteiger partial charge on any atom is -0.355 e. The molecule has 34 heavy (non-hydrogen) atoms. The Morgan fingerprint density at radius 2 is 1.79 bits per heavy atom. The van der Waals surface area contributed by atoms with E-state index in [-0.39, 0.29) is 6.04 Å². The molecule has 3 heterocycles. The normalized spacial score (nSPS) is 15.0. The zero-order valence-electron chi connectivity index (χ0n) is 18.9. The van der Waals surface area contributed by atoms with Crippen molar-refractivity contribution in [2.45, 2.75) is 38.9 Å². The van der Waals surface area contributed by atoms with Gasteiger partial charge in [0, 0.05) is 32.4 Å². The predicted octanol–water partition coefficient (Wildman–Crippen LogP) is 4.05. The molecule has 11 heteroatoms. The molecule has 0 bridgehead atoms. The van der Waals surface area contributed by atoms with Gasteiger partial charge in [-0.1, -0.05) is 0 Å². The topological polar surface area (TPSA) is 75.9 Å². The number of benzene rings is 1. The number of amides is 1. The summed E-state index contributed by atoms with van der Waals surface area (Å²) in [5, 5.41) is 15.8. The number of carbonyl (C=O) groups excluding carboxylic acids is 1. The molecular formula is C23H24F4N6O. The first-order chi connectivity index (χ1) is 16.0. The van der Waals surface area contributed by atoms with E-state index in [1.807, 2.05) is 33.2 Å². The Bertz CT molecular complexity index is 1210. The van der Waals surface area contributed by atoms with Crippen molar-refractivity contribution in [1.29, 1.82) is 0 Å². The highest BCUT2D eigenvalue weighted by Gasteiger charge is 2.36. The lowest BCUT2D eigenvalue weighted by atomic mass is 10.0. The molecule has 4 rings (SSSR count). The third-order valence-electron chi connectivity index (χ3n) is 6.12. The van der Waals surface area contributed by atoms with Gasteiger partial charge in [-0.25, -0.2) is 4.39 Å². The Labute approximate surface area is 193 Å². The van der Waals surface area contributed by atoms with Crippen LogP contribution < -0.4 is 10.2 Å². The molecule has 3 aromatic rings. The molecule has 2 aromatic heterocycles. The summed E-state index contributed by atoms with van der Waals surface area (Å²) in [6.07, 6.45) is -1.94. The third kappa shape index (κ3) is 4.73. The van der Waals surface area contributed by atoms with Gasteiger partial charge in [0.25, 0.3) is 5.91 Å². The van der Waals surface area contributed by atoms with E-state index in [4.69, 9.17) is 0 Å². The second-order valence-corrected chi connectivity index (χ2v) is 8.42. The third-order valence-corrected chi connectivity index (χ3v) is 6.12. The van der Waals surface area contributed by atoms with Crippen LogP contribution in [0.25, 0.3) is 11.4 Å². The second kappa shape index (κ2) is 9.03.